The maximum absolute atomic E-state index is 13.4. The SMILES string of the molecule is COc1ccc(C(=O)CC2(C(=O)O)CCCC2OCc2ccccc2)cc1OCCc1cccc(C)c1. The highest BCUT2D eigenvalue weighted by Gasteiger charge is 2.51. The summed E-state index contributed by atoms with van der Waals surface area (Å²) in [6.45, 7) is 2.79. The van der Waals surface area contributed by atoms with E-state index in [2.05, 4.69) is 12.1 Å². The van der Waals surface area contributed by atoms with Crippen molar-refractivity contribution in [1.29, 1.82) is 0 Å². The molecule has 194 valence electrons. The first kappa shape index (κ1) is 26.4. The molecule has 1 N–H and O–H groups in total. The molecular weight excluding hydrogens is 468 g/mol. The molecule has 1 aliphatic carbocycles. The molecule has 37 heavy (non-hydrogen) atoms. The summed E-state index contributed by atoms with van der Waals surface area (Å²) in [5.74, 6) is -0.240. The lowest BCUT2D eigenvalue weighted by molar-refractivity contribution is -0.158. The van der Waals surface area contributed by atoms with Crippen molar-refractivity contribution in [1.82, 2.24) is 0 Å². The van der Waals surface area contributed by atoms with Gasteiger partial charge in [-0.2, -0.15) is 0 Å². The molecule has 0 saturated heterocycles. The summed E-state index contributed by atoms with van der Waals surface area (Å²) < 4.78 is 17.5. The van der Waals surface area contributed by atoms with Crippen LogP contribution in [0.3, 0.4) is 0 Å². The predicted octanol–water partition coefficient (Wildman–Crippen LogP) is 6.04. The number of methoxy groups -OCH3 is 1. The van der Waals surface area contributed by atoms with Gasteiger partial charge in [-0.25, -0.2) is 0 Å². The van der Waals surface area contributed by atoms with Crippen LogP contribution in [0.1, 0.15) is 52.7 Å². The first-order chi connectivity index (χ1) is 17.9. The number of ether oxygens (including phenoxy) is 3. The summed E-state index contributed by atoms with van der Waals surface area (Å²) in [4.78, 5) is 25.9. The van der Waals surface area contributed by atoms with Crippen LogP contribution in [0, 0.1) is 12.3 Å². The van der Waals surface area contributed by atoms with Gasteiger partial charge in [0.1, 0.15) is 5.41 Å². The van der Waals surface area contributed by atoms with Gasteiger partial charge >= 0.3 is 5.97 Å². The predicted molar refractivity (Wildman–Crippen MR) is 141 cm³/mol. The van der Waals surface area contributed by atoms with Crippen LogP contribution in [0.4, 0.5) is 0 Å². The van der Waals surface area contributed by atoms with Gasteiger partial charge < -0.3 is 19.3 Å². The number of carbonyl (C=O) groups is 2. The van der Waals surface area contributed by atoms with Crippen LogP contribution >= 0.6 is 0 Å². The number of hydrogen-bond donors (Lipinski definition) is 1. The zero-order chi connectivity index (χ0) is 26.3. The third kappa shape index (κ3) is 6.38. The minimum Gasteiger partial charge on any atom is -0.493 e. The number of rotatable bonds is 12. The Bertz CT molecular complexity index is 1220. The standard InChI is InChI=1S/C31H34O6/c1-22-8-6-11-23(18-22)15-17-36-28-19-25(13-14-27(28)35-2)26(32)20-31(30(33)34)16-7-12-29(31)37-21-24-9-4-3-5-10-24/h3-6,8-11,13-14,18-19,29H,7,12,15-17,20-21H2,1-2H3,(H,33,34). The van der Waals surface area contributed by atoms with Gasteiger partial charge in [0.15, 0.2) is 17.3 Å². The van der Waals surface area contributed by atoms with Crippen molar-refractivity contribution in [2.75, 3.05) is 13.7 Å². The normalized spacial score (nSPS) is 18.9. The van der Waals surface area contributed by atoms with E-state index in [1.807, 2.05) is 49.4 Å². The number of benzene rings is 3. The number of carboxylic acid groups (broad SMARTS) is 1. The molecule has 4 rings (SSSR count). The summed E-state index contributed by atoms with van der Waals surface area (Å²) in [7, 11) is 1.55. The third-order valence-electron chi connectivity index (χ3n) is 7.12. The van der Waals surface area contributed by atoms with E-state index in [4.69, 9.17) is 14.2 Å². The fourth-order valence-corrected chi connectivity index (χ4v) is 5.07. The molecule has 6 heteroatoms. The number of carboxylic acids is 1. The first-order valence-electron chi connectivity index (χ1n) is 12.7. The minimum absolute atomic E-state index is 0.128. The third-order valence-corrected chi connectivity index (χ3v) is 7.12. The van der Waals surface area contributed by atoms with Gasteiger partial charge in [0.2, 0.25) is 0 Å². The Kier molecular flexibility index (Phi) is 8.62. The average Bonchev–Trinajstić information content (AvgIpc) is 3.31. The van der Waals surface area contributed by atoms with E-state index in [1.54, 1.807) is 25.3 Å². The van der Waals surface area contributed by atoms with Gasteiger partial charge in [-0.3, -0.25) is 9.59 Å². The van der Waals surface area contributed by atoms with Crippen LogP contribution in [-0.4, -0.2) is 36.7 Å². The molecule has 2 unspecified atom stereocenters. The Morgan fingerprint density at radius 2 is 1.76 bits per heavy atom. The van der Waals surface area contributed by atoms with E-state index in [0.29, 0.717) is 56.0 Å². The van der Waals surface area contributed by atoms with E-state index in [-0.39, 0.29) is 12.2 Å². The molecule has 0 aliphatic heterocycles. The van der Waals surface area contributed by atoms with Crippen LogP contribution in [0.5, 0.6) is 11.5 Å². The number of hydrogen-bond acceptors (Lipinski definition) is 5. The first-order valence-corrected chi connectivity index (χ1v) is 12.7. The monoisotopic (exact) mass is 502 g/mol. The highest BCUT2D eigenvalue weighted by Crippen LogP contribution is 2.45. The summed E-state index contributed by atoms with van der Waals surface area (Å²) >= 11 is 0. The Morgan fingerprint density at radius 1 is 0.973 bits per heavy atom. The zero-order valence-electron chi connectivity index (χ0n) is 21.4. The van der Waals surface area contributed by atoms with Gasteiger partial charge in [-0.05, 0) is 55.5 Å². The average molecular weight is 503 g/mol. The Hall–Kier alpha value is -3.64. The van der Waals surface area contributed by atoms with E-state index >= 15 is 0 Å². The molecule has 0 heterocycles. The maximum atomic E-state index is 13.4. The number of carbonyl (C=O) groups excluding carboxylic acids is 1. The highest BCUT2D eigenvalue weighted by atomic mass is 16.5. The van der Waals surface area contributed by atoms with Crippen molar-refractivity contribution in [2.45, 2.75) is 51.7 Å². The summed E-state index contributed by atoms with van der Waals surface area (Å²) in [5.41, 5.74) is 2.48. The molecule has 3 aromatic carbocycles. The van der Waals surface area contributed by atoms with E-state index in [1.165, 1.54) is 5.56 Å². The Balaban J connectivity index is 1.46. The van der Waals surface area contributed by atoms with Crippen molar-refractivity contribution in [2.24, 2.45) is 5.41 Å². The van der Waals surface area contributed by atoms with E-state index < -0.39 is 17.5 Å². The number of aryl methyl sites for hydroxylation is 1. The molecule has 1 aliphatic rings. The summed E-state index contributed by atoms with van der Waals surface area (Å²) in [6, 6.07) is 22.9. The van der Waals surface area contributed by atoms with Gasteiger partial charge in [-0.15, -0.1) is 0 Å². The number of Topliss-reactive ketones (excluding diaryl/α,β-unsaturated/α-hetero) is 1. The van der Waals surface area contributed by atoms with Crippen molar-refractivity contribution < 1.29 is 28.9 Å². The lowest BCUT2D eigenvalue weighted by Crippen LogP contribution is -2.41. The molecule has 0 radical (unpaired) electrons. The summed E-state index contributed by atoms with van der Waals surface area (Å²) in [6.07, 6.45) is 1.78. The molecule has 3 aromatic rings. The topological polar surface area (TPSA) is 82.1 Å². The summed E-state index contributed by atoms with van der Waals surface area (Å²) in [5, 5.41) is 10.2. The molecular formula is C31H34O6. The van der Waals surface area contributed by atoms with Gasteiger partial charge in [-0.1, -0.05) is 60.2 Å². The van der Waals surface area contributed by atoms with Gasteiger partial charge in [0, 0.05) is 18.4 Å². The van der Waals surface area contributed by atoms with Gasteiger partial charge in [0.05, 0.1) is 26.4 Å². The van der Waals surface area contributed by atoms with Crippen LogP contribution < -0.4 is 9.47 Å². The van der Waals surface area contributed by atoms with Crippen LogP contribution in [0.25, 0.3) is 0 Å². The van der Waals surface area contributed by atoms with Crippen molar-refractivity contribution in [3.63, 3.8) is 0 Å². The number of ketones is 1. The van der Waals surface area contributed by atoms with Crippen molar-refractivity contribution >= 4 is 11.8 Å². The van der Waals surface area contributed by atoms with Crippen LogP contribution in [0.15, 0.2) is 72.8 Å². The second-order valence-corrected chi connectivity index (χ2v) is 9.69. The smallest absolute Gasteiger partial charge is 0.312 e. The highest BCUT2D eigenvalue weighted by molar-refractivity contribution is 5.99. The number of aliphatic carboxylic acids is 1. The largest absolute Gasteiger partial charge is 0.493 e. The van der Waals surface area contributed by atoms with Crippen molar-refractivity contribution in [3.8, 4) is 11.5 Å². The molecule has 0 bridgehead atoms. The van der Waals surface area contributed by atoms with Crippen molar-refractivity contribution in [3.05, 3.63) is 95.1 Å². The van der Waals surface area contributed by atoms with Gasteiger partial charge in [0.25, 0.3) is 0 Å². The van der Waals surface area contributed by atoms with Crippen LogP contribution in [-0.2, 0) is 22.6 Å². The molecule has 1 saturated carbocycles. The quantitative estimate of drug-likeness (QED) is 0.304. The molecule has 0 aromatic heterocycles. The second-order valence-electron chi connectivity index (χ2n) is 9.69. The molecule has 2 atom stereocenters. The minimum atomic E-state index is -1.25. The molecule has 6 nitrogen and oxygen atoms in total. The van der Waals surface area contributed by atoms with E-state index in [9.17, 15) is 14.7 Å². The Morgan fingerprint density at radius 3 is 2.49 bits per heavy atom. The van der Waals surface area contributed by atoms with E-state index in [0.717, 1.165) is 11.1 Å². The zero-order valence-corrected chi connectivity index (χ0v) is 21.4. The maximum Gasteiger partial charge on any atom is 0.312 e. The lowest BCUT2D eigenvalue weighted by atomic mass is 9.78. The molecule has 0 amide bonds. The van der Waals surface area contributed by atoms with Crippen LogP contribution in [0.2, 0.25) is 0 Å². The molecule has 0 spiro atoms. The fourth-order valence-electron chi connectivity index (χ4n) is 5.07. The Labute approximate surface area is 218 Å². The molecule has 1 fully saturated rings. The lowest BCUT2D eigenvalue weighted by Gasteiger charge is -2.31. The second kappa shape index (κ2) is 12.1. The fraction of sp³-hybridized carbons (Fsp3) is 0.355.